The number of fused-ring (bicyclic) bond motifs is 3. The lowest BCUT2D eigenvalue weighted by Crippen LogP contribution is -2.30. The number of aromatic nitrogens is 3. The number of hydrogen-bond acceptors (Lipinski definition) is 7. The van der Waals surface area contributed by atoms with E-state index in [9.17, 15) is 14.4 Å². The van der Waals surface area contributed by atoms with Crippen molar-refractivity contribution < 1.29 is 14.3 Å². The van der Waals surface area contributed by atoms with E-state index in [0.29, 0.717) is 21.5 Å². The summed E-state index contributed by atoms with van der Waals surface area (Å²) >= 11 is 1.52. The third-order valence-corrected chi connectivity index (χ3v) is 5.88. The number of thiophene rings is 1. The molecule has 1 N–H and O–H groups in total. The molecule has 0 spiro atoms. The second-order valence-corrected chi connectivity index (χ2v) is 7.65. The first-order valence-electron chi connectivity index (χ1n) is 8.93. The van der Waals surface area contributed by atoms with Gasteiger partial charge in [0, 0.05) is 10.6 Å². The van der Waals surface area contributed by atoms with Gasteiger partial charge in [-0.15, -0.1) is 16.4 Å². The Bertz CT molecular complexity index is 1130. The fraction of sp³-hybridized carbons (Fsp3) is 0.316. The van der Waals surface area contributed by atoms with E-state index in [1.165, 1.54) is 29.4 Å². The van der Waals surface area contributed by atoms with Crippen LogP contribution < -0.4 is 10.9 Å². The molecule has 144 valence electrons. The summed E-state index contributed by atoms with van der Waals surface area (Å²) in [4.78, 5) is 38.7. The molecule has 0 aliphatic heterocycles. The Kier molecular flexibility index (Phi) is 4.91. The minimum atomic E-state index is -0.495. The second-order valence-electron chi connectivity index (χ2n) is 6.56. The molecule has 4 rings (SSSR count). The van der Waals surface area contributed by atoms with Crippen LogP contribution >= 0.6 is 11.3 Å². The van der Waals surface area contributed by atoms with E-state index in [-0.39, 0.29) is 12.1 Å². The minimum Gasteiger partial charge on any atom is -0.465 e. The van der Waals surface area contributed by atoms with Crippen molar-refractivity contribution in [1.29, 1.82) is 0 Å². The van der Waals surface area contributed by atoms with Crippen molar-refractivity contribution in [3.05, 3.63) is 50.6 Å². The molecule has 1 aromatic carbocycles. The molecule has 0 fully saturated rings. The van der Waals surface area contributed by atoms with Crippen LogP contribution in [0.15, 0.2) is 29.1 Å². The van der Waals surface area contributed by atoms with Gasteiger partial charge >= 0.3 is 5.97 Å². The molecular weight excluding hydrogens is 380 g/mol. The van der Waals surface area contributed by atoms with E-state index in [4.69, 9.17) is 0 Å². The molecule has 0 saturated carbocycles. The van der Waals surface area contributed by atoms with Gasteiger partial charge in [-0.2, -0.15) is 0 Å². The zero-order valence-corrected chi connectivity index (χ0v) is 16.0. The number of nitrogens with one attached hydrogen (secondary N) is 1. The third kappa shape index (κ3) is 3.40. The molecule has 2 heterocycles. The number of anilines is 1. The third-order valence-electron chi connectivity index (χ3n) is 4.71. The summed E-state index contributed by atoms with van der Waals surface area (Å²) in [7, 11) is 1.29. The molecule has 0 radical (unpaired) electrons. The number of aryl methyl sites for hydroxylation is 2. The number of rotatable bonds is 4. The fourth-order valence-electron chi connectivity index (χ4n) is 3.39. The molecule has 2 aromatic heterocycles. The molecule has 8 nitrogen and oxygen atoms in total. The SMILES string of the molecule is COC(=O)c1cccc(NC(=O)Cn2nnc3sc4c(c3c2=O)CCCC4)c1. The minimum absolute atomic E-state index is 0.255. The average molecular weight is 398 g/mol. The highest BCUT2D eigenvalue weighted by Gasteiger charge is 2.21. The molecule has 0 unspecified atom stereocenters. The van der Waals surface area contributed by atoms with Gasteiger partial charge in [0.1, 0.15) is 6.54 Å². The quantitative estimate of drug-likeness (QED) is 0.676. The van der Waals surface area contributed by atoms with E-state index < -0.39 is 11.9 Å². The van der Waals surface area contributed by atoms with Crippen molar-refractivity contribution in [3.63, 3.8) is 0 Å². The summed E-state index contributed by atoms with van der Waals surface area (Å²) in [6, 6.07) is 6.39. The van der Waals surface area contributed by atoms with E-state index in [2.05, 4.69) is 20.4 Å². The van der Waals surface area contributed by atoms with Gasteiger partial charge in [-0.3, -0.25) is 9.59 Å². The largest absolute Gasteiger partial charge is 0.465 e. The summed E-state index contributed by atoms with van der Waals surface area (Å²) in [5.74, 6) is -0.923. The Hall–Kier alpha value is -3.07. The van der Waals surface area contributed by atoms with E-state index in [0.717, 1.165) is 35.9 Å². The highest BCUT2D eigenvalue weighted by Crippen LogP contribution is 2.33. The molecule has 0 atom stereocenters. The van der Waals surface area contributed by atoms with Crippen LogP contribution in [0.4, 0.5) is 5.69 Å². The van der Waals surface area contributed by atoms with Gasteiger partial charge in [-0.1, -0.05) is 11.3 Å². The Morgan fingerprint density at radius 2 is 2.11 bits per heavy atom. The standard InChI is InChI=1S/C19H18N4O4S/c1-27-19(26)11-5-4-6-12(9-11)20-15(24)10-23-18(25)16-13-7-2-3-8-14(13)28-17(16)21-22-23/h4-6,9H,2-3,7-8,10H2,1H3,(H,20,24). The molecule has 28 heavy (non-hydrogen) atoms. The first-order valence-corrected chi connectivity index (χ1v) is 9.74. The van der Waals surface area contributed by atoms with Gasteiger partial charge < -0.3 is 10.1 Å². The lowest BCUT2D eigenvalue weighted by atomic mass is 9.97. The number of nitrogens with zero attached hydrogens (tertiary/aromatic N) is 3. The predicted molar refractivity (Wildman–Crippen MR) is 105 cm³/mol. The Labute approximate surface area is 164 Å². The van der Waals surface area contributed by atoms with E-state index >= 15 is 0 Å². The topological polar surface area (TPSA) is 103 Å². The van der Waals surface area contributed by atoms with E-state index in [1.807, 2.05) is 0 Å². The smallest absolute Gasteiger partial charge is 0.337 e. The number of hydrogen-bond donors (Lipinski definition) is 1. The Morgan fingerprint density at radius 3 is 2.93 bits per heavy atom. The number of amides is 1. The van der Waals surface area contributed by atoms with Gasteiger partial charge in [0.15, 0.2) is 4.83 Å². The molecule has 1 aliphatic rings. The van der Waals surface area contributed by atoms with Crippen LogP contribution in [0.25, 0.3) is 10.2 Å². The first-order chi connectivity index (χ1) is 13.6. The predicted octanol–water partition coefficient (Wildman–Crippen LogP) is 2.16. The molecule has 0 bridgehead atoms. The zero-order valence-electron chi connectivity index (χ0n) is 15.2. The van der Waals surface area contributed by atoms with Gasteiger partial charge in [0.25, 0.3) is 5.56 Å². The highest BCUT2D eigenvalue weighted by atomic mass is 32.1. The van der Waals surface area contributed by atoms with Crippen molar-refractivity contribution in [3.8, 4) is 0 Å². The van der Waals surface area contributed by atoms with E-state index in [1.54, 1.807) is 18.2 Å². The number of ether oxygens (including phenoxy) is 1. The van der Waals surface area contributed by atoms with Crippen molar-refractivity contribution in [2.24, 2.45) is 0 Å². The van der Waals surface area contributed by atoms with Crippen molar-refractivity contribution in [1.82, 2.24) is 15.0 Å². The van der Waals surface area contributed by atoms with Gasteiger partial charge in [-0.05, 0) is 49.4 Å². The lowest BCUT2D eigenvalue weighted by molar-refractivity contribution is -0.117. The van der Waals surface area contributed by atoms with Crippen LogP contribution in [0, 0.1) is 0 Å². The summed E-state index contributed by atoms with van der Waals surface area (Å²) in [5, 5.41) is 11.3. The molecule has 1 amide bonds. The average Bonchev–Trinajstić information content (AvgIpc) is 3.09. The van der Waals surface area contributed by atoms with Crippen molar-refractivity contribution >= 4 is 39.1 Å². The van der Waals surface area contributed by atoms with Gasteiger partial charge in [0.05, 0.1) is 18.1 Å². The summed E-state index contributed by atoms with van der Waals surface area (Å²) in [5.41, 5.74) is 1.53. The monoisotopic (exact) mass is 398 g/mol. The number of carbonyl (C=O) groups is 2. The number of benzene rings is 1. The maximum Gasteiger partial charge on any atom is 0.337 e. The lowest BCUT2D eigenvalue weighted by Gasteiger charge is -2.10. The number of esters is 1. The summed E-state index contributed by atoms with van der Waals surface area (Å²) < 4.78 is 5.76. The Balaban J connectivity index is 1.57. The fourth-order valence-corrected chi connectivity index (χ4v) is 4.59. The van der Waals surface area contributed by atoms with Gasteiger partial charge in [-0.25, -0.2) is 9.48 Å². The number of carbonyl (C=O) groups excluding carboxylic acids is 2. The van der Waals surface area contributed by atoms with Crippen LogP contribution in [0.3, 0.4) is 0 Å². The summed E-state index contributed by atoms with van der Waals surface area (Å²) in [6.45, 7) is -0.255. The highest BCUT2D eigenvalue weighted by molar-refractivity contribution is 7.18. The molecule has 0 saturated heterocycles. The molecule has 1 aliphatic carbocycles. The van der Waals surface area contributed by atoms with Crippen LogP contribution in [0.5, 0.6) is 0 Å². The molecule has 9 heteroatoms. The maximum atomic E-state index is 12.9. The van der Waals surface area contributed by atoms with Crippen LogP contribution in [0.1, 0.15) is 33.6 Å². The Morgan fingerprint density at radius 1 is 1.29 bits per heavy atom. The van der Waals surface area contributed by atoms with Crippen molar-refractivity contribution in [2.45, 2.75) is 32.2 Å². The van der Waals surface area contributed by atoms with Crippen LogP contribution in [0.2, 0.25) is 0 Å². The van der Waals surface area contributed by atoms with Gasteiger partial charge in [0.2, 0.25) is 5.91 Å². The first kappa shape index (κ1) is 18.3. The van der Waals surface area contributed by atoms with Crippen LogP contribution in [-0.2, 0) is 28.9 Å². The molecular formula is C19H18N4O4S. The van der Waals surface area contributed by atoms with Crippen LogP contribution in [-0.4, -0.2) is 34.0 Å². The second kappa shape index (κ2) is 7.51. The normalized spacial score (nSPS) is 13.2. The zero-order chi connectivity index (χ0) is 19.7. The molecule has 3 aromatic rings. The summed E-state index contributed by atoms with van der Waals surface area (Å²) in [6.07, 6.45) is 4.00. The number of methoxy groups -OCH3 is 1. The van der Waals surface area contributed by atoms with Crippen molar-refractivity contribution in [2.75, 3.05) is 12.4 Å². The maximum absolute atomic E-state index is 12.9.